The molecule has 20 heavy (non-hydrogen) atoms. The van der Waals surface area contributed by atoms with Gasteiger partial charge in [-0.2, -0.15) is 5.10 Å². The van der Waals surface area contributed by atoms with Crippen molar-refractivity contribution in [2.45, 2.75) is 40.7 Å². The quantitative estimate of drug-likeness (QED) is 0.902. The Kier molecular flexibility index (Phi) is 3.88. The molecule has 2 N–H and O–H groups in total. The summed E-state index contributed by atoms with van der Waals surface area (Å²) in [5, 5.41) is 10.1. The van der Waals surface area contributed by atoms with Crippen LogP contribution in [0.3, 0.4) is 0 Å². The Balaban J connectivity index is 2.19. The Labute approximate surface area is 118 Å². The van der Waals surface area contributed by atoms with Crippen molar-refractivity contribution in [1.82, 2.24) is 20.5 Å². The van der Waals surface area contributed by atoms with Crippen LogP contribution in [0.4, 0.5) is 0 Å². The normalized spacial score (nSPS) is 12.2. The van der Waals surface area contributed by atoms with E-state index in [-0.39, 0.29) is 11.9 Å². The fourth-order valence-electron chi connectivity index (χ4n) is 2.47. The molecule has 2 heterocycles. The molecule has 1 amide bonds. The molecule has 2 aromatic heterocycles. The summed E-state index contributed by atoms with van der Waals surface area (Å²) in [6.45, 7) is 9.60. The number of aryl methyl sites for hydroxylation is 4. The van der Waals surface area contributed by atoms with Crippen LogP contribution >= 0.6 is 0 Å². The van der Waals surface area contributed by atoms with Crippen LogP contribution in [0.15, 0.2) is 12.1 Å². The number of nitrogens with zero attached hydrogens (tertiary/aromatic N) is 2. The molecule has 0 saturated heterocycles. The first kappa shape index (κ1) is 14.2. The molecule has 5 nitrogen and oxygen atoms in total. The molecular weight excluding hydrogens is 252 g/mol. The molecule has 0 fully saturated rings. The van der Waals surface area contributed by atoms with E-state index in [1.165, 1.54) is 0 Å². The molecule has 0 spiro atoms. The topological polar surface area (TPSA) is 70.7 Å². The minimum atomic E-state index is -0.109. The van der Waals surface area contributed by atoms with Crippen molar-refractivity contribution in [2.75, 3.05) is 0 Å². The van der Waals surface area contributed by atoms with Gasteiger partial charge in [0.15, 0.2) is 0 Å². The van der Waals surface area contributed by atoms with Crippen LogP contribution in [0.5, 0.6) is 0 Å². The van der Waals surface area contributed by atoms with E-state index >= 15 is 0 Å². The number of aromatic amines is 1. The van der Waals surface area contributed by atoms with Crippen molar-refractivity contribution in [3.8, 4) is 0 Å². The molecule has 0 saturated carbocycles. The zero-order valence-corrected chi connectivity index (χ0v) is 12.5. The summed E-state index contributed by atoms with van der Waals surface area (Å²) in [4.78, 5) is 16.6. The first-order valence-corrected chi connectivity index (χ1v) is 6.66. The van der Waals surface area contributed by atoms with E-state index < -0.39 is 0 Å². The predicted molar refractivity (Wildman–Crippen MR) is 77.7 cm³/mol. The monoisotopic (exact) mass is 272 g/mol. The molecule has 2 aromatic rings. The fraction of sp³-hybridized carbons (Fsp3) is 0.400. The van der Waals surface area contributed by atoms with Crippen LogP contribution in [-0.2, 0) is 0 Å². The Bertz CT molecular complexity index is 626. The lowest BCUT2D eigenvalue weighted by Gasteiger charge is -2.15. The minimum Gasteiger partial charge on any atom is -0.345 e. The van der Waals surface area contributed by atoms with Crippen LogP contribution in [-0.4, -0.2) is 21.1 Å². The molecule has 0 aliphatic rings. The Morgan fingerprint density at radius 2 is 1.90 bits per heavy atom. The molecule has 0 bridgehead atoms. The second-order valence-corrected chi connectivity index (χ2v) is 5.13. The first-order chi connectivity index (χ1) is 9.40. The number of aromatic nitrogens is 3. The maximum atomic E-state index is 12.3. The molecule has 0 aliphatic heterocycles. The molecule has 2 rings (SSSR count). The molecule has 106 valence electrons. The SMILES string of the molecule is Cc1ccc(C(=O)N[C@H](C)c2c(C)n[nH]c2C)c(C)n1. The van der Waals surface area contributed by atoms with Crippen LogP contribution in [0, 0.1) is 27.7 Å². The average Bonchev–Trinajstić information content (AvgIpc) is 2.68. The van der Waals surface area contributed by atoms with Gasteiger partial charge in [0.05, 0.1) is 23.0 Å². The fourth-order valence-corrected chi connectivity index (χ4v) is 2.47. The summed E-state index contributed by atoms with van der Waals surface area (Å²) >= 11 is 0. The summed E-state index contributed by atoms with van der Waals surface area (Å²) in [5.74, 6) is -0.109. The van der Waals surface area contributed by atoms with Crippen LogP contribution < -0.4 is 5.32 Å². The number of rotatable bonds is 3. The average molecular weight is 272 g/mol. The second-order valence-electron chi connectivity index (χ2n) is 5.13. The van der Waals surface area contributed by atoms with E-state index in [0.717, 1.165) is 28.3 Å². The van der Waals surface area contributed by atoms with Crippen molar-refractivity contribution in [3.05, 3.63) is 46.0 Å². The van der Waals surface area contributed by atoms with Gasteiger partial charge in [0.2, 0.25) is 0 Å². The second kappa shape index (κ2) is 5.45. The number of nitrogens with one attached hydrogen (secondary N) is 2. The lowest BCUT2D eigenvalue weighted by molar-refractivity contribution is 0.0938. The zero-order chi connectivity index (χ0) is 14.9. The minimum absolute atomic E-state index is 0.0954. The van der Waals surface area contributed by atoms with E-state index in [4.69, 9.17) is 0 Å². The summed E-state index contributed by atoms with van der Waals surface area (Å²) < 4.78 is 0. The van der Waals surface area contributed by atoms with Gasteiger partial charge in [-0.3, -0.25) is 14.9 Å². The lowest BCUT2D eigenvalue weighted by Crippen LogP contribution is -2.28. The Hall–Kier alpha value is -2.17. The standard InChI is InChI=1S/C15H20N4O/c1-8-6-7-13(9(2)16-8)15(20)17-10(3)14-11(4)18-19-12(14)5/h6-7,10H,1-5H3,(H,17,20)(H,18,19)/t10-/m1/s1. The highest BCUT2D eigenvalue weighted by Crippen LogP contribution is 2.19. The third-order valence-corrected chi connectivity index (χ3v) is 3.44. The van der Waals surface area contributed by atoms with Gasteiger partial charge in [0.1, 0.15) is 0 Å². The number of hydrogen-bond acceptors (Lipinski definition) is 3. The third-order valence-electron chi connectivity index (χ3n) is 3.44. The molecule has 5 heteroatoms. The van der Waals surface area contributed by atoms with E-state index in [2.05, 4.69) is 20.5 Å². The maximum absolute atomic E-state index is 12.3. The lowest BCUT2D eigenvalue weighted by atomic mass is 10.1. The third kappa shape index (κ3) is 2.71. The number of pyridine rings is 1. The molecule has 1 atom stereocenters. The maximum Gasteiger partial charge on any atom is 0.253 e. The van der Waals surface area contributed by atoms with Crippen molar-refractivity contribution in [1.29, 1.82) is 0 Å². The van der Waals surface area contributed by atoms with Gasteiger partial charge in [0, 0.05) is 17.0 Å². The summed E-state index contributed by atoms with van der Waals surface area (Å²) in [6.07, 6.45) is 0. The van der Waals surface area contributed by atoms with Gasteiger partial charge in [-0.05, 0) is 46.8 Å². The molecule has 0 aliphatic carbocycles. The van der Waals surface area contributed by atoms with E-state index in [0.29, 0.717) is 5.56 Å². The number of H-pyrrole nitrogens is 1. The van der Waals surface area contributed by atoms with Crippen molar-refractivity contribution in [3.63, 3.8) is 0 Å². The molecular formula is C15H20N4O. The molecule has 0 aromatic carbocycles. The van der Waals surface area contributed by atoms with Gasteiger partial charge in [0.25, 0.3) is 5.91 Å². The molecule has 0 radical (unpaired) electrons. The number of amides is 1. The van der Waals surface area contributed by atoms with Gasteiger partial charge in [-0.15, -0.1) is 0 Å². The summed E-state index contributed by atoms with van der Waals surface area (Å²) in [5.41, 5.74) is 5.20. The van der Waals surface area contributed by atoms with Crippen LogP contribution in [0.25, 0.3) is 0 Å². The van der Waals surface area contributed by atoms with Gasteiger partial charge >= 0.3 is 0 Å². The Morgan fingerprint density at radius 3 is 2.45 bits per heavy atom. The van der Waals surface area contributed by atoms with E-state index in [1.54, 1.807) is 0 Å². The van der Waals surface area contributed by atoms with Gasteiger partial charge in [-0.1, -0.05) is 0 Å². The van der Waals surface area contributed by atoms with Crippen LogP contribution in [0.2, 0.25) is 0 Å². The van der Waals surface area contributed by atoms with Gasteiger partial charge < -0.3 is 5.32 Å². The zero-order valence-electron chi connectivity index (χ0n) is 12.5. The number of carbonyl (C=O) groups excluding carboxylic acids is 1. The van der Waals surface area contributed by atoms with Crippen LogP contribution in [0.1, 0.15) is 51.7 Å². The van der Waals surface area contributed by atoms with E-state index in [1.807, 2.05) is 46.8 Å². The van der Waals surface area contributed by atoms with Crippen molar-refractivity contribution in [2.24, 2.45) is 0 Å². The number of carbonyl (C=O) groups is 1. The Morgan fingerprint density at radius 1 is 1.20 bits per heavy atom. The largest absolute Gasteiger partial charge is 0.345 e. The summed E-state index contributed by atoms with van der Waals surface area (Å²) in [6, 6.07) is 3.57. The van der Waals surface area contributed by atoms with Gasteiger partial charge in [-0.25, -0.2) is 0 Å². The number of hydrogen-bond donors (Lipinski definition) is 2. The highest BCUT2D eigenvalue weighted by Gasteiger charge is 2.18. The van der Waals surface area contributed by atoms with Crippen molar-refractivity contribution < 1.29 is 4.79 Å². The highest BCUT2D eigenvalue weighted by atomic mass is 16.1. The van der Waals surface area contributed by atoms with E-state index in [9.17, 15) is 4.79 Å². The highest BCUT2D eigenvalue weighted by molar-refractivity contribution is 5.95. The summed E-state index contributed by atoms with van der Waals surface area (Å²) in [7, 11) is 0. The first-order valence-electron chi connectivity index (χ1n) is 6.66. The smallest absolute Gasteiger partial charge is 0.253 e. The predicted octanol–water partition coefficient (Wildman–Crippen LogP) is 2.53. The molecule has 0 unspecified atom stereocenters. The van der Waals surface area contributed by atoms with Crippen molar-refractivity contribution >= 4 is 5.91 Å².